The van der Waals surface area contributed by atoms with Gasteiger partial charge >= 0.3 is 12.1 Å². The molecule has 2 saturated carbocycles. The first-order valence-corrected chi connectivity index (χ1v) is 11.0. The maximum Gasteiger partial charge on any atom is 0.407 e. The number of rotatable bonds is 4. The van der Waals surface area contributed by atoms with Gasteiger partial charge in [0, 0.05) is 24.8 Å². The van der Waals surface area contributed by atoms with Crippen molar-refractivity contribution >= 4 is 12.1 Å². The van der Waals surface area contributed by atoms with Crippen LogP contribution in [0.15, 0.2) is 48.5 Å². The van der Waals surface area contributed by atoms with Crippen LogP contribution in [0.1, 0.15) is 42.7 Å². The fourth-order valence-corrected chi connectivity index (χ4v) is 5.99. The molecule has 2 aromatic carbocycles. The van der Waals surface area contributed by atoms with Crippen LogP contribution in [0.25, 0.3) is 11.1 Å². The molecule has 0 radical (unpaired) electrons. The lowest BCUT2D eigenvalue weighted by molar-refractivity contribution is -0.151. The Hall–Kier alpha value is -2.96. The number of alkyl carbamates (subject to hydrolysis) is 1. The van der Waals surface area contributed by atoms with Crippen LogP contribution in [-0.2, 0) is 9.53 Å². The summed E-state index contributed by atoms with van der Waals surface area (Å²) in [4.78, 5) is 24.1. The zero-order chi connectivity index (χ0) is 22.5. The highest BCUT2D eigenvalue weighted by Crippen LogP contribution is 2.49. The number of hydrogen-bond donors (Lipinski definition) is 2. The molecule has 168 valence electrons. The minimum absolute atomic E-state index is 0.0836. The average molecular weight is 441 g/mol. The summed E-state index contributed by atoms with van der Waals surface area (Å²) >= 11 is 0. The Labute approximate surface area is 184 Å². The first kappa shape index (κ1) is 20.9. The number of halogens is 2. The molecule has 5 nitrogen and oxygen atoms in total. The van der Waals surface area contributed by atoms with Crippen molar-refractivity contribution in [2.45, 2.75) is 43.6 Å². The van der Waals surface area contributed by atoms with Crippen LogP contribution in [0.4, 0.5) is 13.6 Å². The summed E-state index contributed by atoms with van der Waals surface area (Å²) in [6, 6.07) is 15.6. The molecule has 32 heavy (non-hydrogen) atoms. The van der Waals surface area contributed by atoms with E-state index in [4.69, 9.17) is 4.74 Å². The molecular weight excluding hydrogens is 416 g/mol. The number of alkyl halides is 2. The average Bonchev–Trinajstić information content (AvgIpc) is 3.06. The first-order valence-electron chi connectivity index (χ1n) is 11.0. The lowest BCUT2D eigenvalue weighted by Gasteiger charge is -2.47. The highest BCUT2D eigenvalue weighted by Gasteiger charge is 2.52. The van der Waals surface area contributed by atoms with Crippen molar-refractivity contribution in [3.05, 3.63) is 59.7 Å². The number of carboxylic acid groups (broad SMARTS) is 1. The second-order valence-electron chi connectivity index (χ2n) is 9.29. The predicted molar refractivity (Wildman–Crippen MR) is 114 cm³/mol. The molecular formula is C25H25F2NO4. The molecule has 2 N–H and O–H groups in total. The molecule has 0 heterocycles. The molecule has 5 rings (SSSR count). The molecule has 2 unspecified atom stereocenters. The SMILES string of the molecule is O=C(NC1C2CC(C(=O)O)CC1CC(F)(F)C2)OCC1c2ccccc2-c2ccccc21. The Bertz CT molecular complexity index is 992. The van der Waals surface area contributed by atoms with Crippen molar-refractivity contribution in [3.8, 4) is 11.1 Å². The van der Waals surface area contributed by atoms with E-state index in [2.05, 4.69) is 17.4 Å². The summed E-state index contributed by atoms with van der Waals surface area (Å²) in [5, 5.41) is 12.2. The topological polar surface area (TPSA) is 75.6 Å². The maximum absolute atomic E-state index is 14.1. The molecule has 0 aliphatic heterocycles. The summed E-state index contributed by atoms with van der Waals surface area (Å²) in [7, 11) is 0. The monoisotopic (exact) mass is 441 g/mol. The van der Waals surface area contributed by atoms with Crippen molar-refractivity contribution in [1.29, 1.82) is 0 Å². The molecule has 2 fully saturated rings. The third kappa shape index (κ3) is 3.74. The van der Waals surface area contributed by atoms with Crippen molar-refractivity contribution in [1.82, 2.24) is 5.32 Å². The van der Waals surface area contributed by atoms with Gasteiger partial charge < -0.3 is 15.2 Å². The molecule has 0 saturated heterocycles. The van der Waals surface area contributed by atoms with Gasteiger partial charge in [-0.05, 0) is 46.9 Å². The van der Waals surface area contributed by atoms with E-state index in [1.807, 2.05) is 36.4 Å². The first-order chi connectivity index (χ1) is 15.3. The molecule has 1 amide bonds. The van der Waals surface area contributed by atoms with Crippen LogP contribution in [0.2, 0.25) is 0 Å². The normalized spacial score (nSPS) is 27.8. The van der Waals surface area contributed by atoms with E-state index >= 15 is 0 Å². The van der Waals surface area contributed by atoms with Gasteiger partial charge in [-0.15, -0.1) is 0 Å². The molecule has 3 aliphatic carbocycles. The van der Waals surface area contributed by atoms with E-state index in [-0.39, 0.29) is 25.4 Å². The Morgan fingerprint density at radius 1 is 0.969 bits per heavy atom. The smallest absolute Gasteiger partial charge is 0.407 e. The maximum atomic E-state index is 14.1. The van der Waals surface area contributed by atoms with E-state index in [9.17, 15) is 23.5 Å². The van der Waals surface area contributed by atoms with Gasteiger partial charge in [-0.1, -0.05) is 48.5 Å². The molecule has 3 aliphatic rings. The quantitative estimate of drug-likeness (QED) is 0.696. The molecule has 7 heteroatoms. The van der Waals surface area contributed by atoms with Gasteiger partial charge in [0.15, 0.2) is 0 Å². The Morgan fingerprint density at radius 3 is 2.03 bits per heavy atom. The van der Waals surface area contributed by atoms with Gasteiger partial charge in [0.1, 0.15) is 6.61 Å². The van der Waals surface area contributed by atoms with E-state index < -0.39 is 54.6 Å². The van der Waals surface area contributed by atoms with Gasteiger partial charge in [0.2, 0.25) is 5.92 Å². The van der Waals surface area contributed by atoms with E-state index in [1.165, 1.54) is 0 Å². The fourth-order valence-electron chi connectivity index (χ4n) is 5.99. The largest absolute Gasteiger partial charge is 0.481 e. The van der Waals surface area contributed by atoms with Gasteiger partial charge in [-0.25, -0.2) is 13.6 Å². The minimum atomic E-state index is -2.82. The number of ether oxygens (including phenoxy) is 1. The van der Waals surface area contributed by atoms with Crippen molar-refractivity contribution < 1.29 is 28.2 Å². The summed E-state index contributed by atoms with van der Waals surface area (Å²) in [5.74, 6) is -5.64. The number of fused-ring (bicyclic) bond motifs is 5. The summed E-state index contributed by atoms with van der Waals surface area (Å²) in [6.45, 7) is 0.149. The number of carbonyl (C=O) groups is 2. The Morgan fingerprint density at radius 2 is 1.50 bits per heavy atom. The van der Waals surface area contributed by atoms with E-state index in [1.54, 1.807) is 0 Å². The number of amides is 1. The van der Waals surface area contributed by atoms with Gasteiger partial charge in [-0.2, -0.15) is 0 Å². The summed E-state index contributed by atoms with van der Waals surface area (Å²) in [6.07, 6.45) is -1.14. The van der Waals surface area contributed by atoms with Crippen LogP contribution >= 0.6 is 0 Å². The standard InChI is InChI=1S/C25H25F2NO4/c26-25(27)11-15-9-14(23(29)30)10-16(12-25)22(15)28-24(31)32-13-21-19-7-3-1-5-17(19)18-6-2-4-8-20(18)21/h1-8,14-16,21-22H,9-13H2,(H,28,31)(H,29,30). The molecule has 2 aromatic rings. The molecule has 0 aromatic heterocycles. The Kier molecular flexibility index (Phi) is 5.14. The third-order valence-corrected chi connectivity index (χ3v) is 7.29. The number of benzene rings is 2. The minimum Gasteiger partial charge on any atom is -0.481 e. The second kappa shape index (κ2) is 7.87. The van der Waals surface area contributed by atoms with Crippen molar-refractivity contribution in [2.75, 3.05) is 6.61 Å². The van der Waals surface area contributed by atoms with Gasteiger partial charge in [-0.3, -0.25) is 4.79 Å². The van der Waals surface area contributed by atoms with Crippen LogP contribution in [-0.4, -0.2) is 35.7 Å². The zero-order valence-electron chi connectivity index (χ0n) is 17.5. The van der Waals surface area contributed by atoms with Crippen molar-refractivity contribution in [2.24, 2.45) is 17.8 Å². The molecule has 2 bridgehead atoms. The summed E-state index contributed by atoms with van der Waals surface area (Å²) < 4.78 is 33.8. The number of carbonyl (C=O) groups excluding carboxylic acids is 1. The predicted octanol–water partition coefficient (Wildman–Crippen LogP) is 5.05. The Balaban J connectivity index is 1.27. The lowest BCUT2D eigenvalue weighted by Crippen LogP contribution is -2.56. The van der Waals surface area contributed by atoms with Crippen LogP contribution in [0, 0.1) is 17.8 Å². The third-order valence-electron chi connectivity index (χ3n) is 7.29. The van der Waals surface area contributed by atoms with E-state index in [0.29, 0.717) is 0 Å². The van der Waals surface area contributed by atoms with Crippen LogP contribution in [0.5, 0.6) is 0 Å². The van der Waals surface area contributed by atoms with Crippen molar-refractivity contribution in [3.63, 3.8) is 0 Å². The highest BCUT2D eigenvalue weighted by atomic mass is 19.3. The van der Waals surface area contributed by atoms with Gasteiger partial charge in [0.25, 0.3) is 0 Å². The fraction of sp³-hybridized carbons (Fsp3) is 0.440. The van der Waals surface area contributed by atoms with Crippen LogP contribution < -0.4 is 5.32 Å². The molecule has 0 spiro atoms. The highest BCUT2D eigenvalue weighted by molar-refractivity contribution is 5.79. The van der Waals surface area contributed by atoms with Gasteiger partial charge in [0.05, 0.1) is 5.92 Å². The summed E-state index contributed by atoms with van der Waals surface area (Å²) in [5.41, 5.74) is 4.45. The lowest BCUT2D eigenvalue weighted by atomic mass is 9.63. The zero-order valence-corrected chi connectivity index (χ0v) is 17.5. The molecule has 2 atom stereocenters. The van der Waals surface area contributed by atoms with E-state index in [0.717, 1.165) is 22.3 Å². The number of nitrogens with one attached hydrogen (secondary N) is 1. The number of hydrogen-bond acceptors (Lipinski definition) is 3. The second-order valence-corrected chi connectivity index (χ2v) is 9.29. The number of carboxylic acids is 1. The van der Waals surface area contributed by atoms with Crippen LogP contribution in [0.3, 0.4) is 0 Å². The number of aliphatic carboxylic acids is 1.